The van der Waals surface area contributed by atoms with Crippen molar-refractivity contribution < 1.29 is 4.79 Å². The fourth-order valence-electron chi connectivity index (χ4n) is 3.20. The van der Waals surface area contributed by atoms with E-state index in [1.54, 1.807) is 0 Å². The molecule has 3 N–H and O–H groups in total. The number of likely N-dealkylation sites (tertiary alicyclic amines) is 1. The number of hydrogen-bond acceptors (Lipinski definition) is 3. The molecule has 1 amide bonds. The molecule has 142 valence electrons. The second-order valence-electron chi connectivity index (χ2n) is 6.58. The maximum Gasteiger partial charge on any atom is 0.217 e. The average molecular weight is 453 g/mol. The monoisotopic (exact) mass is 453 g/mol. The Kier molecular flexibility index (Phi) is 12.4. The number of amides is 1. The predicted octanol–water partition coefficient (Wildman–Crippen LogP) is 1.89. The summed E-state index contributed by atoms with van der Waals surface area (Å²) < 4.78 is 0. The molecule has 7 heteroatoms. The van der Waals surface area contributed by atoms with Crippen molar-refractivity contribution >= 4 is 35.8 Å². The molecule has 1 fully saturated rings. The van der Waals surface area contributed by atoms with Crippen LogP contribution in [0.4, 0.5) is 0 Å². The third-order valence-electron chi connectivity index (χ3n) is 4.43. The first-order valence-corrected chi connectivity index (χ1v) is 9.03. The number of primary amides is 1. The molecule has 0 aliphatic carbocycles. The van der Waals surface area contributed by atoms with Crippen LogP contribution < -0.4 is 11.1 Å². The van der Waals surface area contributed by atoms with Gasteiger partial charge in [-0.05, 0) is 46.1 Å². The van der Waals surface area contributed by atoms with Gasteiger partial charge >= 0.3 is 0 Å². The number of carbonyl (C=O) groups is 1. The van der Waals surface area contributed by atoms with Crippen LogP contribution in [0.3, 0.4) is 0 Å². The number of piperidine rings is 1. The highest BCUT2D eigenvalue weighted by molar-refractivity contribution is 14.0. The molecule has 1 saturated heterocycles. The average Bonchev–Trinajstić information content (AvgIpc) is 2.49. The number of aliphatic imine (C=N–C) groups is 1. The number of hydrogen-bond donors (Lipinski definition) is 2. The van der Waals surface area contributed by atoms with Gasteiger partial charge in [-0.1, -0.05) is 6.92 Å². The van der Waals surface area contributed by atoms with Crippen LogP contribution in [0.1, 0.15) is 47.0 Å². The van der Waals surface area contributed by atoms with E-state index < -0.39 is 0 Å². The quantitative estimate of drug-likeness (QED) is 0.335. The lowest BCUT2D eigenvalue weighted by Gasteiger charge is -2.35. The fraction of sp³-hybridized carbons (Fsp3) is 0.882. The predicted molar refractivity (Wildman–Crippen MR) is 112 cm³/mol. The number of rotatable bonds is 8. The molecule has 1 heterocycles. The Labute approximate surface area is 164 Å². The maximum absolute atomic E-state index is 11.2. The smallest absolute Gasteiger partial charge is 0.217 e. The molecule has 0 bridgehead atoms. The zero-order chi connectivity index (χ0) is 17.2. The molecular formula is C17H36IN5O. The summed E-state index contributed by atoms with van der Waals surface area (Å²) in [6.45, 7) is 14.3. The maximum atomic E-state index is 11.2. The Morgan fingerprint density at radius 2 is 2.12 bits per heavy atom. The molecule has 0 spiro atoms. The van der Waals surface area contributed by atoms with Crippen LogP contribution in [0, 0.1) is 5.92 Å². The molecule has 6 nitrogen and oxygen atoms in total. The van der Waals surface area contributed by atoms with Gasteiger partial charge in [0.25, 0.3) is 0 Å². The van der Waals surface area contributed by atoms with E-state index in [-0.39, 0.29) is 29.9 Å². The Morgan fingerprint density at radius 3 is 2.67 bits per heavy atom. The summed E-state index contributed by atoms with van der Waals surface area (Å²) in [5.41, 5.74) is 5.35. The Hall–Kier alpha value is -0.570. The van der Waals surface area contributed by atoms with Crippen LogP contribution in [0.15, 0.2) is 4.99 Å². The Bertz CT molecular complexity index is 389. The first kappa shape index (κ1) is 23.4. The third kappa shape index (κ3) is 8.50. The standard InChI is InChI=1S/C17H35N5O.HI/c1-5-19-17(20-9-11-21(6-2)14(3)4)22-10-7-8-15(13-22)12-16(18)23;/h14-15H,5-13H2,1-4H3,(H2,18,23)(H,19,20);1H. The molecule has 1 rings (SSSR count). The molecule has 1 aliphatic heterocycles. The number of nitrogens with zero attached hydrogens (tertiary/aromatic N) is 3. The van der Waals surface area contributed by atoms with Gasteiger partial charge in [0, 0.05) is 38.6 Å². The molecular weight excluding hydrogens is 417 g/mol. The van der Waals surface area contributed by atoms with Gasteiger partial charge in [-0.25, -0.2) is 0 Å². The molecule has 1 unspecified atom stereocenters. The molecule has 1 atom stereocenters. The van der Waals surface area contributed by atoms with Crippen LogP contribution >= 0.6 is 24.0 Å². The summed E-state index contributed by atoms with van der Waals surface area (Å²) in [4.78, 5) is 20.7. The van der Waals surface area contributed by atoms with Crippen molar-refractivity contribution in [3.8, 4) is 0 Å². The molecule has 24 heavy (non-hydrogen) atoms. The zero-order valence-electron chi connectivity index (χ0n) is 15.8. The second kappa shape index (κ2) is 12.7. The molecule has 0 aromatic carbocycles. The van der Waals surface area contributed by atoms with Crippen LogP contribution in [0.25, 0.3) is 0 Å². The molecule has 0 radical (unpaired) electrons. The van der Waals surface area contributed by atoms with Crippen molar-refractivity contribution in [3.63, 3.8) is 0 Å². The number of guanidine groups is 1. The number of likely N-dealkylation sites (N-methyl/N-ethyl adjacent to an activating group) is 1. The van der Waals surface area contributed by atoms with Gasteiger partial charge < -0.3 is 16.0 Å². The molecule has 0 aromatic heterocycles. The van der Waals surface area contributed by atoms with Crippen molar-refractivity contribution in [2.24, 2.45) is 16.6 Å². The lowest BCUT2D eigenvalue weighted by Crippen LogP contribution is -2.47. The van der Waals surface area contributed by atoms with Gasteiger partial charge in [0.2, 0.25) is 5.91 Å². The van der Waals surface area contributed by atoms with Gasteiger partial charge in [0.05, 0.1) is 6.54 Å². The lowest BCUT2D eigenvalue weighted by atomic mass is 9.95. The molecule has 1 aliphatic rings. The van der Waals surface area contributed by atoms with Gasteiger partial charge in [0.1, 0.15) is 0 Å². The summed E-state index contributed by atoms with van der Waals surface area (Å²) in [7, 11) is 0. The van der Waals surface area contributed by atoms with E-state index in [4.69, 9.17) is 10.7 Å². The minimum atomic E-state index is -0.200. The van der Waals surface area contributed by atoms with Crippen molar-refractivity contribution in [1.29, 1.82) is 0 Å². The summed E-state index contributed by atoms with van der Waals surface area (Å²) in [6, 6.07) is 0.549. The van der Waals surface area contributed by atoms with E-state index in [9.17, 15) is 4.79 Å². The number of nitrogens with two attached hydrogens (primary N) is 1. The number of carbonyl (C=O) groups excluding carboxylic acids is 1. The van der Waals surface area contributed by atoms with Gasteiger partial charge in [0.15, 0.2) is 5.96 Å². The zero-order valence-corrected chi connectivity index (χ0v) is 18.1. The normalized spacial score (nSPS) is 18.7. The third-order valence-corrected chi connectivity index (χ3v) is 4.43. The fourth-order valence-corrected chi connectivity index (χ4v) is 3.20. The Morgan fingerprint density at radius 1 is 1.42 bits per heavy atom. The first-order valence-electron chi connectivity index (χ1n) is 9.03. The van der Waals surface area contributed by atoms with Gasteiger partial charge in [-0.15, -0.1) is 24.0 Å². The summed E-state index contributed by atoms with van der Waals surface area (Å²) in [5.74, 6) is 1.13. The second-order valence-corrected chi connectivity index (χ2v) is 6.58. The first-order chi connectivity index (χ1) is 11.0. The van der Waals surface area contributed by atoms with Crippen LogP contribution in [-0.4, -0.2) is 67.0 Å². The summed E-state index contributed by atoms with van der Waals surface area (Å²) >= 11 is 0. The molecule has 0 aromatic rings. The van der Waals surface area contributed by atoms with E-state index in [0.717, 1.165) is 58.1 Å². The van der Waals surface area contributed by atoms with Crippen LogP contribution in [0.5, 0.6) is 0 Å². The van der Waals surface area contributed by atoms with E-state index >= 15 is 0 Å². The highest BCUT2D eigenvalue weighted by Gasteiger charge is 2.23. The highest BCUT2D eigenvalue weighted by Crippen LogP contribution is 2.19. The lowest BCUT2D eigenvalue weighted by molar-refractivity contribution is -0.119. The summed E-state index contributed by atoms with van der Waals surface area (Å²) in [5, 5.41) is 3.39. The van der Waals surface area contributed by atoms with Crippen LogP contribution in [0.2, 0.25) is 0 Å². The number of nitrogens with one attached hydrogen (secondary N) is 1. The van der Waals surface area contributed by atoms with Crippen molar-refractivity contribution in [3.05, 3.63) is 0 Å². The van der Waals surface area contributed by atoms with Crippen LogP contribution in [-0.2, 0) is 4.79 Å². The Balaban J connectivity index is 0.00000529. The van der Waals surface area contributed by atoms with E-state index in [2.05, 4.69) is 42.8 Å². The topological polar surface area (TPSA) is 74.0 Å². The minimum absolute atomic E-state index is 0. The van der Waals surface area contributed by atoms with Gasteiger partial charge in [-0.3, -0.25) is 14.7 Å². The van der Waals surface area contributed by atoms with Crippen molar-refractivity contribution in [1.82, 2.24) is 15.1 Å². The largest absolute Gasteiger partial charge is 0.370 e. The molecule has 0 saturated carbocycles. The van der Waals surface area contributed by atoms with Crippen molar-refractivity contribution in [2.45, 2.75) is 53.0 Å². The van der Waals surface area contributed by atoms with E-state index in [0.29, 0.717) is 18.4 Å². The number of halogens is 1. The summed E-state index contributed by atoms with van der Waals surface area (Å²) in [6.07, 6.45) is 2.65. The SMILES string of the molecule is CCNC(=NCCN(CC)C(C)C)N1CCCC(CC(N)=O)C1.I. The minimum Gasteiger partial charge on any atom is -0.370 e. The van der Waals surface area contributed by atoms with E-state index in [1.165, 1.54) is 0 Å². The van der Waals surface area contributed by atoms with Gasteiger partial charge in [-0.2, -0.15) is 0 Å². The van der Waals surface area contributed by atoms with E-state index in [1.807, 2.05) is 0 Å². The van der Waals surface area contributed by atoms with Crippen molar-refractivity contribution in [2.75, 3.05) is 39.3 Å². The highest BCUT2D eigenvalue weighted by atomic mass is 127.